The normalized spacial score (nSPS) is 23.3. The Kier molecular flexibility index (Phi) is 2.85. The molecule has 1 aromatic rings. The highest BCUT2D eigenvalue weighted by molar-refractivity contribution is 7.99. The first-order valence-corrected chi connectivity index (χ1v) is 5.69. The number of hydrogen-bond donors (Lipinski definition) is 1. The molecular weight excluding hydrogens is 186 g/mol. The quantitative estimate of drug-likeness (QED) is 0.770. The van der Waals surface area contributed by atoms with E-state index in [0.717, 1.165) is 30.4 Å². The summed E-state index contributed by atoms with van der Waals surface area (Å²) >= 11 is 1.93. The molecule has 1 aliphatic rings. The van der Waals surface area contributed by atoms with Crippen molar-refractivity contribution < 1.29 is 4.52 Å². The van der Waals surface area contributed by atoms with Crippen molar-refractivity contribution in [3.63, 3.8) is 0 Å². The van der Waals surface area contributed by atoms with Crippen LogP contribution in [0.15, 0.2) is 4.52 Å². The van der Waals surface area contributed by atoms with Crippen molar-refractivity contribution in [2.24, 2.45) is 0 Å². The van der Waals surface area contributed by atoms with Crippen LogP contribution in [0, 0.1) is 0 Å². The van der Waals surface area contributed by atoms with Crippen LogP contribution in [-0.2, 0) is 6.42 Å². The maximum Gasteiger partial charge on any atom is 0.226 e. The van der Waals surface area contributed by atoms with E-state index in [2.05, 4.69) is 15.5 Å². The van der Waals surface area contributed by atoms with Gasteiger partial charge in [0.05, 0.1) is 6.04 Å². The third-order valence-corrected chi connectivity index (χ3v) is 3.08. The van der Waals surface area contributed by atoms with E-state index in [-0.39, 0.29) is 6.04 Å². The average molecular weight is 199 g/mol. The second-order valence-electron chi connectivity index (χ2n) is 2.98. The number of aryl methyl sites for hydroxylation is 1. The Morgan fingerprint density at radius 1 is 1.69 bits per heavy atom. The summed E-state index contributed by atoms with van der Waals surface area (Å²) in [5, 5.41) is 7.32. The van der Waals surface area contributed by atoms with Gasteiger partial charge in [-0.05, 0) is 0 Å². The summed E-state index contributed by atoms with van der Waals surface area (Å²) in [7, 11) is 0. The third kappa shape index (κ3) is 2.03. The summed E-state index contributed by atoms with van der Waals surface area (Å²) in [6, 6.07) is 0.280. The molecule has 2 rings (SSSR count). The van der Waals surface area contributed by atoms with E-state index in [4.69, 9.17) is 4.52 Å². The van der Waals surface area contributed by atoms with Crippen LogP contribution in [0.1, 0.15) is 24.7 Å². The molecule has 13 heavy (non-hydrogen) atoms. The van der Waals surface area contributed by atoms with Crippen LogP contribution in [0.4, 0.5) is 0 Å². The van der Waals surface area contributed by atoms with Gasteiger partial charge < -0.3 is 9.84 Å². The Morgan fingerprint density at radius 2 is 2.62 bits per heavy atom. The van der Waals surface area contributed by atoms with Crippen LogP contribution in [0.25, 0.3) is 0 Å². The highest BCUT2D eigenvalue weighted by Gasteiger charge is 2.19. The van der Waals surface area contributed by atoms with Crippen LogP contribution in [-0.4, -0.2) is 28.2 Å². The van der Waals surface area contributed by atoms with Gasteiger partial charge in [-0.1, -0.05) is 12.1 Å². The van der Waals surface area contributed by atoms with E-state index >= 15 is 0 Å². The van der Waals surface area contributed by atoms with Crippen LogP contribution >= 0.6 is 11.8 Å². The first-order valence-electron chi connectivity index (χ1n) is 4.53. The van der Waals surface area contributed by atoms with Crippen LogP contribution in [0.3, 0.4) is 0 Å². The van der Waals surface area contributed by atoms with Gasteiger partial charge in [0, 0.05) is 24.5 Å². The van der Waals surface area contributed by atoms with E-state index in [1.165, 1.54) is 5.75 Å². The zero-order valence-electron chi connectivity index (χ0n) is 7.62. The molecule has 2 heterocycles. The van der Waals surface area contributed by atoms with Gasteiger partial charge in [0.15, 0.2) is 5.82 Å². The minimum absolute atomic E-state index is 0.280. The monoisotopic (exact) mass is 199 g/mol. The summed E-state index contributed by atoms with van der Waals surface area (Å²) in [5.74, 6) is 3.76. The number of aromatic nitrogens is 2. The molecule has 1 atom stereocenters. The molecule has 0 aliphatic carbocycles. The molecule has 0 aromatic carbocycles. The predicted molar refractivity (Wildman–Crippen MR) is 51.7 cm³/mol. The minimum atomic E-state index is 0.280. The first kappa shape index (κ1) is 9.02. The first-order chi connectivity index (χ1) is 6.40. The molecule has 4 nitrogen and oxygen atoms in total. The Labute approximate surface area is 81.5 Å². The van der Waals surface area contributed by atoms with E-state index in [1.54, 1.807) is 0 Å². The fourth-order valence-electron chi connectivity index (χ4n) is 1.28. The summed E-state index contributed by atoms with van der Waals surface area (Å²) in [5.41, 5.74) is 0. The van der Waals surface area contributed by atoms with Crippen molar-refractivity contribution in [1.82, 2.24) is 15.5 Å². The van der Waals surface area contributed by atoms with Crippen LogP contribution in [0.2, 0.25) is 0 Å². The van der Waals surface area contributed by atoms with Gasteiger partial charge in [-0.15, -0.1) is 0 Å². The lowest BCUT2D eigenvalue weighted by atomic mass is 10.3. The Morgan fingerprint density at radius 3 is 3.23 bits per heavy atom. The van der Waals surface area contributed by atoms with Crippen molar-refractivity contribution in [1.29, 1.82) is 0 Å². The van der Waals surface area contributed by atoms with Gasteiger partial charge in [0.1, 0.15) is 0 Å². The minimum Gasteiger partial charge on any atom is -0.339 e. The molecule has 0 bridgehead atoms. The third-order valence-electron chi connectivity index (χ3n) is 2.02. The fourth-order valence-corrected chi connectivity index (χ4v) is 2.22. The fraction of sp³-hybridized carbons (Fsp3) is 0.750. The molecule has 5 heteroatoms. The second-order valence-corrected chi connectivity index (χ2v) is 4.13. The molecule has 1 unspecified atom stereocenters. The topological polar surface area (TPSA) is 51.0 Å². The summed E-state index contributed by atoms with van der Waals surface area (Å²) in [4.78, 5) is 4.30. The maximum atomic E-state index is 5.06. The largest absolute Gasteiger partial charge is 0.339 e. The van der Waals surface area contributed by atoms with E-state index in [0.29, 0.717) is 0 Å². The molecule has 1 aromatic heterocycles. The Balaban J connectivity index is 2.05. The molecule has 0 spiro atoms. The average Bonchev–Trinajstić information content (AvgIpc) is 2.67. The summed E-state index contributed by atoms with van der Waals surface area (Å²) in [6.07, 6.45) is 0.812. The highest BCUT2D eigenvalue weighted by atomic mass is 32.2. The highest BCUT2D eigenvalue weighted by Crippen LogP contribution is 2.19. The molecule has 1 fully saturated rings. The Bertz CT molecular complexity index is 270. The second kappa shape index (κ2) is 4.11. The summed E-state index contributed by atoms with van der Waals surface area (Å²) < 4.78 is 5.06. The van der Waals surface area contributed by atoms with Gasteiger partial charge in [0.2, 0.25) is 5.89 Å². The maximum absolute atomic E-state index is 5.06. The molecule has 1 aliphatic heterocycles. The van der Waals surface area contributed by atoms with Gasteiger partial charge in [-0.2, -0.15) is 16.7 Å². The SMILES string of the molecule is CCc1nc(C2CSCCN2)no1. The van der Waals surface area contributed by atoms with E-state index in [1.807, 2.05) is 18.7 Å². The summed E-state index contributed by atoms with van der Waals surface area (Å²) in [6.45, 7) is 3.05. The molecule has 0 radical (unpaired) electrons. The lowest BCUT2D eigenvalue weighted by Crippen LogP contribution is -2.30. The molecule has 0 amide bonds. The number of nitrogens with zero attached hydrogens (tertiary/aromatic N) is 2. The van der Waals surface area contributed by atoms with Crippen molar-refractivity contribution >= 4 is 11.8 Å². The van der Waals surface area contributed by atoms with Crippen molar-refractivity contribution in [3.8, 4) is 0 Å². The molecule has 72 valence electrons. The van der Waals surface area contributed by atoms with E-state index in [9.17, 15) is 0 Å². The number of rotatable bonds is 2. The zero-order valence-corrected chi connectivity index (χ0v) is 8.43. The van der Waals surface area contributed by atoms with Gasteiger partial charge in [0.25, 0.3) is 0 Å². The van der Waals surface area contributed by atoms with Gasteiger partial charge in [-0.3, -0.25) is 0 Å². The molecular formula is C8H13N3OS. The van der Waals surface area contributed by atoms with Crippen LogP contribution < -0.4 is 5.32 Å². The number of thioether (sulfide) groups is 1. The van der Waals surface area contributed by atoms with E-state index < -0.39 is 0 Å². The van der Waals surface area contributed by atoms with Gasteiger partial charge in [-0.25, -0.2) is 0 Å². The lowest BCUT2D eigenvalue weighted by molar-refractivity contribution is 0.370. The predicted octanol–water partition coefficient (Wildman–Crippen LogP) is 1.01. The molecule has 0 saturated carbocycles. The van der Waals surface area contributed by atoms with Crippen molar-refractivity contribution in [2.45, 2.75) is 19.4 Å². The van der Waals surface area contributed by atoms with Crippen molar-refractivity contribution in [2.75, 3.05) is 18.1 Å². The lowest BCUT2D eigenvalue weighted by Gasteiger charge is -2.19. The Hall–Kier alpha value is -0.550. The standard InChI is InChI=1S/C8H13N3OS/c1-2-7-10-8(11-12-7)6-5-13-4-3-9-6/h6,9H,2-5H2,1H3. The van der Waals surface area contributed by atoms with Gasteiger partial charge >= 0.3 is 0 Å². The number of hydrogen-bond acceptors (Lipinski definition) is 5. The molecule has 1 saturated heterocycles. The molecule has 1 N–H and O–H groups in total. The van der Waals surface area contributed by atoms with Crippen molar-refractivity contribution in [3.05, 3.63) is 11.7 Å². The smallest absolute Gasteiger partial charge is 0.226 e. The zero-order chi connectivity index (χ0) is 9.10. The van der Waals surface area contributed by atoms with Crippen LogP contribution in [0.5, 0.6) is 0 Å². The number of nitrogens with one attached hydrogen (secondary N) is 1.